The predicted octanol–water partition coefficient (Wildman–Crippen LogP) is -0.504. The quantitative estimate of drug-likeness (QED) is 0.305. The third kappa shape index (κ3) is 6.31. The molecule has 0 aliphatic carbocycles. The highest BCUT2D eigenvalue weighted by molar-refractivity contribution is 5.93. The molecule has 0 aliphatic rings. The number of carbonyl (C=O) groups is 4. The third-order valence-electron chi connectivity index (χ3n) is 4.56. The number of carbonyl (C=O) groups excluding carboxylic acids is 3. The summed E-state index contributed by atoms with van der Waals surface area (Å²) >= 11 is 0. The summed E-state index contributed by atoms with van der Waals surface area (Å²) in [5, 5.41) is 16.7. The Balaban J connectivity index is 1.92. The maximum absolute atomic E-state index is 12.6. The Kier molecular flexibility index (Phi) is 7.93. The van der Waals surface area contributed by atoms with Gasteiger partial charge in [0, 0.05) is 17.1 Å². The van der Waals surface area contributed by atoms with Crippen LogP contribution in [0.5, 0.6) is 0 Å². The second kappa shape index (κ2) is 10.4. The van der Waals surface area contributed by atoms with Gasteiger partial charge in [-0.1, -0.05) is 32.0 Å². The Morgan fingerprint density at radius 1 is 1.07 bits per heavy atom. The molecule has 3 amide bonds. The molecule has 0 aliphatic heterocycles. The average Bonchev–Trinajstić information content (AvgIpc) is 3.11. The minimum absolute atomic E-state index is 0.253. The molecule has 10 heteroatoms. The van der Waals surface area contributed by atoms with Crippen LogP contribution in [0.1, 0.15) is 19.4 Å². The number of aromatic amines is 1. The number of carboxylic acid groups (broad SMARTS) is 1. The lowest BCUT2D eigenvalue weighted by Crippen LogP contribution is -2.55. The molecule has 10 nitrogen and oxygen atoms in total. The first-order valence-corrected chi connectivity index (χ1v) is 9.56. The Labute approximate surface area is 173 Å². The Morgan fingerprint density at radius 3 is 2.43 bits per heavy atom. The second-order valence-corrected chi connectivity index (χ2v) is 7.29. The van der Waals surface area contributed by atoms with Crippen LogP contribution in [-0.2, 0) is 25.6 Å². The van der Waals surface area contributed by atoms with Gasteiger partial charge in [0.1, 0.15) is 12.6 Å². The summed E-state index contributed by atoms with van der Waals surface area (Å²) in [7, 11) is 0. The van der Waals surface area contributed by atoms with Crippen LogP contribution < -0.4 is 21.7 Å². The van der Waals surface area contributed by atoms with Crippen LogP contribution in [0.25, 0.3) is 10.9 Å². The van der Waals surface area contributed by atoms with Gasteiger partial charge in [-0.2, -0.15) is 0 Å². The van der Waals surface area contributed by atoms with Gasteiger partial charge in [-0.15, -0.1) is 0 Å². The number of nitrogens with one attached hydrogen (secondary N) is 4. The van der Waals surface area contributed by atoms with Crippen molar-refractivity contribution in [3.63, 3.8) is 0 Å². The first-order valence-electron chi connectivity index (χ1n) is 9.56. The van der Waals surface area contributed by atoms with Gasteiger partial charge in [0.2, 0.25) is 17.7 Å². The topological polar surface area (TPSA) is 166 Å². The third-order valence-corrected chi connectivity index (χ3v) is 4.56. The van der Waals surface area contributed by atoms with Crippen molar-refractivity contribution >= 4 is 34.6 Å². The fraction of sp³-hybridized carbons (Fsp3) is 0.400. The van der Waals surface area contributed by atoms with Gasteiger partial charge in [0.05, 0.1) is 12.6 Å². The summed E-state index contributed by atoms with van der Waals surface area (Å²) in [5.41, 5.74) is 7.90. The van der Waals surface area contributed by atoms with Crippen molar-refractivity contribution in [2.24, 2.45) is 11.7 Å². The molecular weight excluding hydrogens is 390 g/mol. The van der Waals surface area contributed by atoms with E-state index >= 15 is 0 Å². The van der Waals surface area contributed by atoms with Crippen molar-refractivity contribution in [3.8, 4) is 0 Å². The zero-order chi connectivity index (χ0) is 22.3. The molecule has 0 radical (unpaired) electrons. The van der Waals surface area contributed by atoms with Crippen molar-refractivity contribution in [1.29, 1.82) is 0 Å². The second-order valence-electron chi connectivity index (χ2n) is 7.29. The van der Waals surface area contributed by atoms with Crippen LogP contribution in [0.4, 0.5) is 0 Å². The van der Waals surface area contributed by atoms with E-state index in [1.54, 1.807) is 20.0 Å². The van der Waals surface area contributed by atoms with Crippen molar-refractivity contribution in [1.82, 2.24) is 20.9 Å². The van der Waals surface area contributed by atoms with Crippen LogP contribution in [0.3, 0.4) is 0 Å². The number of nitrogens with two attached hydrogens (primary N) is 1. The summed E-state index contributed by atoms with van der Waals surface area (Å²) in [4.78, 5) is 50.1. The van der Waals surface area contributed by atoms with Crippen molar-refractivity contribution in [2.45, 2.75) is 32.4 Å². The van der Waals surface area contributed by atoms with E-state index in [2.05, 4.69) is 20.9 Å². The highest BCUT2D eigenvalue weighted by Gasteiger charge is 2.27. The molecule has 7 N–H and O–H groups in total. The molecule has 0 spiro atoms. The van der Waals surface area contributed by atoms with E-state index in [1.165, 1.54) is 0 Å². The number of aromatic nitrogens is 1. The smallest absolute Gasteiger partial charge is 0.322 e. The highest BCUT2D eigenvalue weighted by atomic mass is 16.4. The zero-order valence-electron chi connectivity index (χ0n) is 16.9. The first-order chi connectivity index (χ1) is 14.2. The predicted molar refractivity (Wildman–Crippen MR) is 110 cm³/mol. The van der Waals surface area contributed by atoms with E-state index in [1.807, 2.05) is 24.3 Å². The fourth-order valence-corrected chi connectivity index (χ4v) is 2.94. The van der Waals surface area contributed by atoms with Crippen molar-refractivity contribution in [2.75, 3.05) is 13.1 Å². The largest absolute Gasteiger partial charge is 0.480 e. The molecule has 30 heavy (non-hydrogen) atoms. The normalized spacial score (nSPS) is 12.9. The van der Waals surface area contributed by atoms with E-state index in [4.69, 9.17) is 10.8 Å². The monoisotopic (exact) mass is 417 g/mol. The average molecular weight is 417 g/mol. The number of carboxylic acids is 1. The van der Waals surface area contributed by atoms with Crippen molar-refractivity contribution in [3.05, 3.63) is 36.0 Å². The van der Waals surface area contributed by atoms with Crippen LogP contribution in [-0.4, -0.2) is 59.0 Å². The molecule has 162 valence electrons. The number of H-pyrrole nitrogens is 1. The molecule has 2 aromatic rings. The van der Waals surface area contributed by atoms with Crippen LogP contribution in [0.15, 0.2) is 30.5 Å². The molecule has 0 bridgehead atoms. The van der Waals surface area contributed by atoms with E-state index in [0.717, 1.165) is 16.5 Å². The first kappa shape index (κ1) is 22.9. The number of rotatable bonds is 10. The van der Waals surface area contributed by atoms with Gasteiger partial charge < -0.3 is 31.8 Å². The molecule has 0 saturated carbocycles. The number of fused-ring (bicyclic) bond motifs is 1. The summed E-state index contributed by atoms with van der Waals surface area (Å²) in [6, 6.07) is 5.91. The van der Waals surface area contributed by atoms with E-state index < -0.39 is 48.9 Å². The summed E-state index contributed by atoms with van der Waals surface area (Å²) < 4.78 is 0. The lowest BCUT2D eigenvalue weighted by Gasteiger charge is -2.23. The van der Waals surface area contributed by atoms with Crippen LogP contribution >= 0.6 is 0 Å². The van der Waals surface area contributed by atoms with Crippen LogP contribution in [0.2, 0.25) is 0 Å². The fourth-order valence-electron chi connectivity index (χ4n) is 2.94. The number of benzene rings is 1. The minimum atomic E-state index is -1.19. The Morgan fingerprint density at radius 2 is 1.77 bits per heavy atom. The number of hydrogen-bond acceptors (Lipinski definition) is 5. The number of para-hydroxylation sites is 1. The van der Waals surface area contributed by atoms with Gasteiger partial charge in [-0.3, -0.25) is 19.2 Å². The van der Waals surface area contributed by atoms with Gasteiger partial charge in [0.15, 0.2) is 0 Å². The lowest BCUT2D eigenvalue weighted by atomic mass is 10.0. The van der Waals surface area contributed by atoms with Crippen LogP contribution in [0, 0.1) is 5.92 Å². The summed E-state index contributed by atoms with van der Waals surface area (Å²) in [6.07, 6.45) is 2.10. The lowest BCUT2D eigenvalue weighted by molar-refractivity contribution is -0.138. The molecule has 0 saturated heterocycles. The van der Waals surface area contributed by atoms with Crippen molar-refractivity contribution < 1.29 is 24.3 Å². The van der Waals surface area contributed by atoms with E-state index in [-0.39, 0.29) is 5.92 Å². The minimum Gasteiger partial charge on any atom is -0.480 e. The molecule has 1 aromatic carbocycles. The maximum atomic E-state index is 12.6. The Bertz CT molecular complexity index is 923. The molecule has 1 aromatic heterocycles. The zero-order valence-corrected chi connectivity index (χ0v) is 16.9. The summed E-state index contributed by atoms with van der Waals surface area (Å²) in [6.45, 7) is 2.56. The summed E-state index contributed by atoms with van der Waals surface area (Å²) in [5.74, 6) is -3.12. The molecule has 1 heterocycles. The van der Waals surface area contributed by atoms with E-state index in [9.17, 15) is 19.2 Å². The Hall–Kier alpha value is -3.40. The van der Waals surface area contributed by atoms with Gasteiger partial charge >= 0.3 is 5.97 Å². The number of amides is 3. The highest BCUT2D eigenvalue weighted by Crippen LogP contribution is 2.18. The SMILES string of the molecule is CC(C)C(NC(=O)C(N)Cc1c[nH]c2ccccc12)C(=O)NCC(=O)NCC(=O)O. The van der Waals surface area contributed by atoms with E-state index in [0.29, 0.717) is 6.42 Å². The van der Waals surface area contributed by atoms with Gasteiger partial charge in [-0.25, -0.2) is 0 Å². The molecule has 2 rings (SSSR count). The van der Waals surface area contributed by atoms with Gasteiger partial charge in [-0.05, 0) is 24.0 Å². The molecular formula is C20H27N5O5. The maximum Gasteiger partial charge on any atom is 0.322 e. The molecule has 2 atom stereocenters. The number of aliphatic carboxylic acids is 1. The number of hydrogen-bond donors (Lipinski definition) is 6. The van der Waals surface area contributed by atoms with Gasteiger partial charge in [0.25, 0.3) is 0 Å². The molecule has 2 unspecified atom stereocenters. The molecule has 0 fully saturated rings. The standard InChI is InChI=1S/C20H27N5O5/c1-11(2)18(20(30)24-9-16(26)23-10-17(27)28)25-19(29)14(21)7-12-8-22-15-6-4-3-5-13(12)15/h3-6,8,11,14,18,22H,7,9-10,21H2,1-2H3,(H,23,26)(H,24,30)(H,25,29)(H,27,28).